The lowest BCUT2D eigenvalue weighted by Gasteiger charge is -2.37. The van der Waals surface area contributed by atoms with Crippen LogP contribution in [0.3, 0.4) is 0 Å². The average Bonchev–Trinajstić information content (AvgIpc) is 3.36. The van der Waals surface area contributed by atoms with E-state index in [1.807, 2.05) is 55.1 Å². The number of carbonyl (C=O) groups excluding carboxylic acids is 2. The molecule has 0 fully saturated rings. The molecule has 190 valence electrons. The molecule has 0 unspecified atom stereocenters. The highest BCUT2D eigenvalue weighted by Crippen LogP contribution is 2.34. The first kappa shape index (κ1) is 25.8. The van der Waals surface area contributed by atoms with E-state index in [0.717, 1.165) is 23.3 Å². The number of carbonyl (C=O) groups is 2. The number of ether oxygens (including phenoxy) is 1. The Hall–Kier alpha value is -3.32. The molecule has 6 nitrogen and oxygen atoms in total. The van der Waals surface area contributed by atoms with Gasteiger partial charge in [0.1, 0.15) is 18.9 Å². The van der Waals surface area contributed by atoms with Gasteiger partial charge in [0.05, 0.1) is 6.04 Å². The Kier molecular flexibility index (Phi) is 8.31. The molecule has 36 heavy (non-hydrogen) atoms. The van der Waals surface area contributed by atoms with Gasteiger partial charge in [0, 0.05) is 23.7 Å². The van der Waals surface area contributed by atoms with Gasteiger partial charge in [-0.3, -0.25) is 4.79 Å². The van der Waals surface area contributed by atoms with Crippen LogP contribution in [0.25, 0.3) is 0 Å². The molecule has 0 saturated carbocycles. The molecule has 0 aliphatic carbocycles. The minimum atomic E-state index is -0.277. The SMILES string of the molecule is CCN(CC(=O)N1CCc2sccc2[C@H]1COc1ccc(C(C)C)cc1)C(=O)Nc1ccc(C)cc1. The number of hydrogen-bond acceptors (Lipinski definition) is 4. The average molecular weight is 506 g/mol. The van der Waals surface area contributed by atoms with E-state index < -0.39 is 0 Å². The van der Waals surface area contributed by atoms with E-state index in [1.165, 1.54) is 10.4 Å². The van der Waals surface area contributed by atoms with Crippen molar-refractivity contribution in [2.24, 2.45) is 0 Å². The maximum absolute atomic E-state index is 13.5. The van der Waals surface area contributed by atoms with Crippen LogP contribution >= 0.6 is 11.3 Å². The molecule has 1 atom stereocenters. The number of benzene rings is 2. The van der Waals surface area contributed by atoms with Gasteiger partial charge in [-0.2, -0.15) is 0 Å². The zero-order chi connectivity index (χ0) is 25.7. The Balaban J connectivity index is 1.44. The fourth-order valence-electron chi connectivity index (χ4n) is 4.42. The quantitative estimate of drug-likeness (QED) is 0.394. The van der Waals surface area contributed by atoms with E-state index in [9.17, 15) is 9.59 Å². The van der Waals surface area contributed by atoms with Crippen molar-refractivity contribution in [3.05, 3.63) is 81.5 Å². The lowest BCUT2D eigenvalue weighted by molar-refractivity contribution is -0.135. The number of rotatable bonds is 8. The van der Waals surface area contributed by atoms with Gasteiger partial charge in [-0.25, -0.2) is 4.79 Å². The third-order valence-electron chi connectivity index (χ3n) is 6.67. The van der Waals surface area contributed by atoms with Crippen LogP contribution in [0.1, 0.15) is 54.3 Å². The van der Waals surface area contributed by atoms with Crippen molar-refractivity contribution in [2.75, 3.05) is 31.6 Å². The number of hydrogen-bond donors (Lipinski definition) is 1. The van der Waals surface area contributed by atoms with Crippen LogP contribution in [0.2, 0.25) is 0 Å². The van der Waals surface area contributed by atoms with Crippen molar-refractivity contribution in [1.82, 2.24) is 9.80 Å². The van der Waals surface area contributed by atoms with E-state index >= 15 is 0 Å². The van der Waals surface area contributed by atoms with Gasteiger partial charge >= 0.3 is 6.03 Å². The summed E-state index contributed by atoms with van der Waals surface area (Å²) < 4.78 is 6.17. The van der Waals surface area contributed by atoms with Crippen LogP contribution < -0.4 is 10.1 Å². The van der Waals surface area contributed by atoms with Crippen LogP contribution in [0.15, 0.2) is 60.0 Å². The van der Waals surface area contributed by atoms with E-state index in [-0.39, 0.29) is 24.5 Å². The fraction of sp³-hybridized carbons (Fsp3) is 0.379. The second-order valence-electron chi connectivity index (χ2n) is 9.50. The zero-order valence-electron chi connectivity index (χ0n) is 21.5. The van der Waals surface area contributed by atoms with Crippen LogP contribution in [0.5, 0.6) is 5.75 Å². The van der Waals surface area contributed by atoms with Crippen molar-refractivity contribution >= 4 is 29.0 Å². The minimum absolute atomic E-state index is 0.0211. The van der Waals surface area contributed by atoms with Crippen molar-refractivity contribution in [1.29, 1.82) is 0 Å². The number of nitrogens with one attached hydrogen (secondary N) is 1. The second kappa shape index (κ2) is 11.6. The minimum Gasteiger partial charge on any atom is -0.491 e. The Morgan fingerprint density at radius 1 is 1.11 bits per heavy atom. The third-order valence-corrected chi connectivity index (χ3v) is 7.66. The van der Waals surface area contributed by atoms with E-state index in [2.05, 4.69) is 42.7 Å². The highest BCUT2D eigenvalue weighted by Gasteiger charge is 2.33. The molecule has 7 heteroatoms. The van der Waals surface area contributed by atoms with Gasteiger partial charge in [-0.1, -0.05) is 43.7 Å². The molecule has 1 aliphatic heterocycles. The smallest absolute Gasteiger partial charge is 0.322 e. The normalized spacial score (nSPS) is 14.9. The molecule has 4 rings (SSSR count). The summed E-state index contributed by atoms with van der Waals surface area (Å²) in [4.78, 5) is 31.1. The molecule has 2 aromatic carbocycles. The monoisotopic (exact) mass is 505 g/mol. The largest absolute Gasteiger partial charge is 0.491 e. The predicted molar refractivity (Wildman–Crippen MR) is 146 cm³/mol. The number of amides is 3. The van der Waals surface area contributed by atoms with E-state index in [0.29, 0.717) is 31.3 Å². The lowest BCUT2D eigenvalue weighted by Crippen LogP contribution is -2.48. The molecular weight excluding hydrogens is 470 g/mol. The van der Waals surface area contributed by atoms with Crippen molar-refractivity contribution < 1.29 is 14.3 Å². The van der Waals surface area contributed by atoms with Gasteiger partial charge in [0.25, 0.3) is 0 Å². The molecule has 0 saturated heterocycles. The van der Waals surface area contributed by atoms with E-state index in [1.54, 1.807) is 16.2 Å². The Bertz CT molecular complexity index is 1170. The van der Waals surface area contributed by atoms with Crippen molar-refractivity contribution in [3.8, 4) is 5.75 Å². The summed E-state index contributed by atoms with van der Waals surface area (Å²) in [7, 11) is 0. The van der Waals surface area contributed by atoms with Crippen LogP contribution in [0, 0.1) is 6.92 Å². The Morgan fingerprint density at radius 3 is 2.50 bits per heavy atom. The second-order valence-corrected chi connectivity index (χ2v) is 10.5. The maximum atomic E-state index is 13.5. The fourth-order valence-corrected chi connectivity index (χ4v) is 5.35. The summed E-state index contributed by atoms with van der Waals surface area (Å²) in [6.45, 7) is 9.66. The molecule has 0 spiro atoms. The maximum Gasteiger partial charge on any atom is 0.322 e. The number of urea groups is 1. The van der Waals surface area contributed by atoms with Gasteiger partial charge in [-0.15, -0.1) is 11.3 Å². The summed E-state index contributed by atoms with van der Waals surface area (Å²) in [6, 6.07) is 17.4. The number of aryl methyl sites for hydroxylation is 1. The van der Waals surface area contributed by atoms with Gasteiger partial charge in [0.15, 0.2) is 0 Å². The highest BCUT2D eigenvalue weighted by molar-refractivity contribution is 7.10. The van der Waals surface area contributed by atoms with Crippen LogP contribution in [-0.2, 0) is 11.2 Å². The summed E-state index contributed by atoms with van der Waals surface area (Å²) in [5.74, 6) is 1.18. The molecule has 0 bridgehead atoms. The first-order valence-corrected chi connectivity index (χ1v) is 13.4. The van der Waals surface area contributed by atoms with Gasteiger partial charge < -0.3 is 19.9 Å². The molecular formula is C29H35N3O3S. The molecule has 1 aromatic heterocycles. The van der Waals surface area contributed by atoms with Crippen LogP contribution in [0.4, 0.5) is 10.5 Å². The number of fused-ring (bicyclic) bond motifs is 1. The molecule has 2 heterocycles. The summed E-state index contributed by atoms with van der Waals surface area (Å²) in [6.07, 6.45) is 0.819. The van der Waals surface area contributed by atoms with Gasteiger partial charge in [0.2, 0.25) is 5.91 Å². The molecule has 3 aromatic rings. The number of nitrogens with zero attached hydrogens (tertiary/aromatic N) is 2. The predicted octanol–water partition coefficient (Wildman–Crippen LogP) is 6.24. The van der Waals surface area contributed by atoms with E-state index in [4.69, 9.17) is 4.74 Å². The lowest BCUT2D eigenvalue weighted by atomic mass is 10.00. The summed E-state index contributed by atoms with van der Waals surface area (Å²) >= 11 is 1.73. The molecule has 3 amide bonds. The number of anilines is 1. The van der Waals surface area contributed by atoms with Crippen LogP contribution in [-0.4, -0.2) is 48.0 Å². The van der Waals surface area contributed by atoms with Gasteiger partial charge in [-0.05, 0) is 73.0 Å². The topological polar surface area (TPSA) is 61.9 Å². The van der Waals surface area contributed by atoms with Crippen molar-refractivity contribution in [3.63, 3.8) is 0 Å². The molecule has 1 N–H and O–H groups in total. The number of likely N-dealkylation sites (N-methyl/N-ethyl adjacent to an activating group) is 1. The zero-order valence-corrected chi connectivity index (χ0v) is 22.3. The summed E-state index contributed by atoms with van der Waals surface area (Å²) in [5, 5.41) is 4.98. The summed E-state index contributed by atoms with van der Waals surface area (Å²) in [5.41, 5.74) is 4.25. The standard InChI is InChI=1S/C29H35N3O3S/c1-5-31(29(34)30-23-10-6-21(4)7-11-23)18-28(33)32-16-14-27-25(15-17-36-27)26(32)19-35-24-12-8-22(9-13-24)20(2)3/h6-13,15,17,20,26H,5,14,16,18-19H2,1-4H3,(H,30,34)/t26-/m1/s1. The highest BCUT2D eigenvalue weighted by atomic mass is 32.1. The Labute approximate surface area is 217 Å². The first-order chi connectivity index (χ1) is 17.4. The van der Waals surface area contributed by atoms with Crippen molar-refractivity contribution in [2.45, 2.75) is 46.1 Å². The number of thiophene rings is 1. The first-order valence-electron chi connectivity index (χ1n) is 12.6. The molecule has 1 aliphatic rings. The Morgan fingerprint density at radius 2 is 1.83 bits per heavy atom. The molecule has 0 radical (unpaired) electrons. The third kappa shape index (κ3) is 6.08.